The largest absolute Gasteiger partial charge is 0.361 e. The van der Waals surface area contributed by atoms with Crippen molar-refractivity contribution in [3.05, 3.63) is 65.2 Å². The number of nitrogens with one attached hydrogen (secondary N) is 2. The second-order valence-electron chi connectivity index (χ2n) is 8.50. The van der Waals surface area contributed by atoms with Crippen LogP contribution in [0.1, 0.15) is 66.6 Å². The molecule has 0 spiro atoms. The summed E-state index contributed by atoms with van der Waals surface area (Å²) in [7, 11) is 0. The molecular formula is C24H31N3O2. The summed E-state index contributed by atoms with van der Waals surface area (Å²) in [6.07, 6.45) is 0.762. The SMILES string of the molecule is CC(C)CCNC(=O)c1ccc(N[C@H]2c3ccccc3C(=O)N2CC(C)C)cc1. The minimum atomic E-state index is -0.202. The van der Waals surface area contributed by atoms with Gasteiger partial charge in [-0.1, -0.05) is 45.9 Å². The molecule has 1 aliphatic heterocycles. The summed E-state index contributed by atoms with van der Waals surface area (Å²) in [6.45, 7) is 9.87. The third-order valence-corrected chi connectivity index (χ3v) is 5.08. The normalized spacial score (nSPS) is 15.7. The summed E-state index contributed by atoms with van der Waals surface area (Å²) in [5.74, 6) is 0.940. The first-order valence-corrected chi connectivity index (χ1v) is 10.4. The van der Waals surface area contributed by atoms with Crippen molar-refractivity contribution < 1.29 is 9.59 Å². The van der Waals surface area contributed by atoms with Gasteiger partial charge in [-0.25, -0.2) is 0 Å². The molecule has 2 aromatic carbocycles. The van der Waals surface area contributed by atoms with Gasteiger partial charge in [0.05, 0.1) is 0 Å². The Hall–Kier alpha value is -2.82. The third-order valence-electron chi connectivity index (χ3n) is 5.08. The fourth-order valence-electron chi connectivity index (χ4n) is 3.56. The van der Waals surface area contributed by atoms with Gasteiger partial charge in [0.25, 0.3) is 11.8 Å². The van der Waals surface area contributed by atoms with Crippen LogP contribution in [0.5, 0.6) is 0 Å². The molecule has 154 valence electrons. The van der Waals surface area contributed by atoms with Crippen molar-refractivity contribution in [3.63, 3.8) is 0 Å². The summed E-state index contributed by atoms with van der Waals surface area (Å²) in [5, 5.41) is 6.44. The monoisotopic (exact) mass is 393 g/mol. The van der Waals surface area contributed by atoms with E-state index < -0.39 is 0 Å². The Morgan fingerprint density at radius 3 is 2.34 bits per heavy atom. The first kappa shape index (κ1) is 20.9. The van der Waals surface area contributed by atoms with E-state index >= 15 is 0 Å². The molecule has 2 aromatic rings. The number of carbonyl (C=O) groups is 2. The summed E-state index contributed by atoms with van der Waals surface area (Å²) in [4.78, 5) is 27.0. The molecule has 0 fully saturated rings. The Balaban J connectivity index is 1.72. The predicted molar refractivity (Wildman–Crippen MR) is 117 cm³/mol. The van der Waals surface area contributed by atoms with Crippen LogP contribution in [0, 0.1) is 11.8 Å². The summed E-state index contributed by atoms with van der Waals surface area (Å²) < 4.78 is 0. The minimum absolute atomic E-state index is 0.0555. The molecule has 1 aliphatic rings. The molecule has 0 saturated carbocycles. The molecule has 5 heteroatoms. The number of anilines is 1. The Kier molecular flexibility index (Phi) is 6.57. The molecule has 0 saturated heterocycles. The summed E-state index contributed by atoms with van der Waals surface area (Å²) >= 11 is 0. The summed E-state index contributed by atoms with van der Waals surface area (Å²) in [6, 6.07) is 15.2. The lowest BCUT2D eigenvalue weighted by atomic mass is 10.1. The number of nitrogens with zero attached hydrogens (tertiary/aromatic N) is 1. The van der Waals surface area contributed by atoms with Crippen molar-refractivity contribution >= 4 is 17.5 Å². The zero-order chi connectivity index (χ0) is 21.0. The molecule has 2 N–H and O–H groups in total. The maximum atomic E-state index is 12.9. The van der Waals surface area contributed by atoms with Gasteiger partial charge in [-0.05, 0) is 48.6 Å². The molecule has 0 aliphatic carbocycles. The maximum absolute atomic E-state index is 12.9. The smallest absolute Gasteiger partial charge is 0.256 e. The Morgan fingerprint density at radius 1 is 1.00 bits per heavy atom. The van der Waals surface area contributed by atoms with Gasteiger partial charge in [0.1, 0.15) is 6.17 Å². The number of rotatable bonds is 8. The van der Waals surface area contributed by atoms with Crippen LogP contribution < -0.4 is 10.6 Å². The van der Waals surface area contributed by atoms with Crippen LogP contribution >= 0.6 is 0 Å². The first-order valence-electron chi connectivity index (χ1n) is 10.4. The minimum Gasteiger partial charge on any atom is -0.361 e. The van der Waals surface area contributed by atoms with Gasteiger partial charge in [-0.2, -0.15) is 0 Å². The van der Waals surface area contributed by atoms with Crippen LogP contribution in [0.15, 0.2) is 48.5 Å². The molecule has 2 amide bonds. The van der Waals surface area contributed by atoms with Crippen molar-refractivity contribution in [1.82, 2.24) is 10.2 Å². The molecule has 29 heavy (non-hydrogen) atoms. The van der Waals surface area contributed by atoms with Gasteiger partial charge < -0.3 is 15.5 Å². The third kappa shape index (κ3) is 4.97. The molecule has 0 bridgehead atoms. The second kappa shape index (κ2) is 9.12. The molecule has 3 rings (SSSR count). The number of hydrogen-bond acceptors (Lipinski definition) is 3. The van der Waals surface area contributed by atoms with Crippen LogP contribution in [0.3, 0.4) is 0 Å². The van der Waals surface area contributed by atoms with E-state index in [2.05, 4.69) is 38.3 Å². The average molecular weight is 394 g/mol. The van der Waals surface area contributed by atoms with Crippen molar-refractivity contribution in [1.29, 1.82) is 0 Å². The van der Waals surface area contributed by atoms with Crippen LogP contribution in [0.25, 0.3) is 0 Å². The molecule has 0 aromatic heterocycles. The van der Waals surface area contributed by atoms with E-state index in [0.717, 1.165) is 23.2 Å². The topological polar surface area (TPSA) is 61.4 Å². The predicted octanol–water partition coefficient (Wildman–Crippen LogP) is 4.69. The van der Waals surface area contributed by atoms with Crippen molar-refractivity contribution in [2.75, 3.05) is 18.4 Å². The van der Waals surface area contributed by atoms with Gasteiger partial charge in [-0.15, -0.1) is 0 Å². The zero-order valence-corrected chi connectivity index (χ0v) is 17.7. The first-order chi connectivity index (χ1) is 13.9. The molecule has 1 heterocycles. The van der Waals surface area contributed by atoms with Crippen molar-refractivity contribution in [2.45, 2.75) is 40.3 Å². The molecule has 5 nitrogen and oxygen atoms in total. The lowest BCUT2D eigenvalue weighted by Gasteiger charge is -2.28. The zero-order valence-electron chi connectivity index (χ0n) is 17.7. The van der Waals surface area contributed by atoms with E-state index in [4.69, 9.17) is 0 Å². The van der Waals surface area contributed by atoms with E-state index in [1.165, 1.54) is 0 Å². The number of fused-ring (bicyclic) bond motifs is 1. The standard InChI is InChI=1S/C24H31N3O2/c1-16(2)13-14-25-23(28)18-9-11-19(12-10-18)26-22-20-7-5-6-8-21(20)24(29)27(22)15-17(3)4/h5-12,16-17,22,26H,13-15H2,1-4H3,(H,25,28)/t22-/m1/s1. The fourth-order valence-corrected chi connectivity index (χ4v) is 3.56. The van der Waals surface area contributed by atoms with E-state index in [-0.39, 0.29) is 18.0 Å². The quantitative estimate of drug-likeness (QED) is 0.684. The van der Waals surface area contributed by atoms with Gasteiger partial charge in [0, 0.05) is 35.5 Å². The van der Waals surface area contributed by atoms with Crippen LogP contribution in [-0.4, -0.2) is 29.8 Å². The second-order valence-corrected chi connectivity index (χ2v) is 8.50. The van der Waals surface area contributed by atoms with Crippen LogP contribution in [0.2, 0.25) is 0 Å². The van der Waals surface area contributed by atoms with E-state index in [0.29, 0.717) is 30.5 Å². The van der Waals surface area contributed by atoms with Crippen molar-refractivity contribution in [3.8, 4) is 0 Å². The van der Waals surface area contributed by atoms with Gasteiger partial charge >= 0.3 is 0 Å². The van der Waals surface area contributed by atoms with E-state index in [1.54, 1.807) is 0 Å². The maximum Gasteiger partial charge on any atom is 0.256 e. The van der Waals surface area contributed by atoms with Crippen LogP contribution in [0.4, 0.5) is 5.69 Å². The Morgan fingerprint density at radius 2 is 1.69 bits per heavy atom. The molecular weight excluding hydrogens is 362 g/mol. The number of hydrogen-bond donors (Lipinski definition) is 2. The number of benzene rings is 2. The highest BCUT2D eigenvalue weighted by molar-refractivity contribution is 5.99. The fraction of sp³-hybridized carbons (Fsp3) is 0.417. The van der Waals surface area contributed by atoms with Crippen LogP contribution in [-0.2, 0) is 0 Å². The Bertz CT molecular complexity index is 859. The summed E-state index contributed by atoms with van der Waals surface area (Å²) in [5.41, 5.74) is 3.27. The van der Waals surface area contributed by atoms with Crippen molar-refractivity contribution in [2.24, 2.45) is 11.8 Å². The highest BCUT2D eigenvalue weighted by atomic mass is 16.2. The molecule has 0 unspecified atom stereocenters. The average Bonchev–Trinajstić information content (AvgIpc) is 2.94. The number of amides is 2. The van der Waals surface area contributed by atoms with Gasteiger partial charge in [-0.3, -0.25) is 9.59 Å². The highest BCUT2D eigenvalue weighted by Crippen LogP contribution is 2.34. The lowest BCUT2D eigenvalue weighted by molar-refractivity contribution is 0.0720. The van der Waals surface area contributed by atoms with Gasteiger partial charge in [0.15, 0.2) is 0 Å². The highest BCUT2D eigenvalue weighted by Gasteiger charge is 2.36. The molecule has 0 radical (unpaired) electrons. The van der Waals surface area contributed by atoms with E-state index in [9.17, 15) is 9.59 Å². The van der Waals surface area contributed by atoms with Gasteiger partial charge in [0.2, 0.25) is 0 Å². The molecule has 1 atom stereocenters. The number of carbonyl (C=O) groups excluding carboxylic acids is 2. The lowest BCUT2D eigenvalue weighted by Crippen LogP contribution is -2.35. The van der Waals surface area contributed by atoms with E-state index in [1.807, 2.05) is 53.4 Å². The Labute approximate surface area is 173 Å².